The number of rotatable bonds is 4. The Balaban J connectivity index is 1.55. The molecule has 2 atom stereocenters. The second kappa shape index (κ2) is 6.97. The van der Waals surface area contributed by atoms with Crippen LogP contribution in [0.15, 0.2) is 59.6 Å². The number of amidine groups is 1. The van der Waals surface area contributed by atoms with Crippen LogP contribution in [0.5, 0.6) is 0 Å². The highest BCUT2D eigenvalue weighted by Crippen LogP contribution is 2.35. The van der Waals surface area contributed by atoms with E-state index in [1.165, 1.54) is 23.9 Å². The second-order valence-electron chi connectivity index (χ2n) is 6.54. The predicted octanol–water partition coefficient (Wildman–Crippen LogP) is 2.87. The lowest BCUT2D eigenvalue weighted by Gasteiger charge is -2.26. The monoisotopic (exact) mass is 403 g/mol. The van der Waals surface area contributed by atoms with Crippen LogP contribution >= 0.6 is 11.8 Å². The van der Waals surface area contributed by atoms with Gasteiger partial charge in [0, 0.05) is 23.6 Å². The largest absolute Gasteiger partial charge is 0.315 e. The normalized spacial score (nSPS) is 23.1. The SMILES string of the molecule is O=[N+]([O-])c1ccc(CSC2=N[C@@H]3CS(=O)(=O)C[C@H]3N2c2ccccc2)cc1. The first-order valence-corrected chi connectivity index (χ1v) is 11.2. The number of para-hydroxylation sites is 1. The number of aliphatic imine (C=N–C) groups is 1. The Kier molecular flexibility index (Phi) is 4.65. The maximum absolute atomic E-state index is 12.0. The van der Waals surface area contributed by atoms with Gasteiger partial charge in [-0.25, -0.2) is 8.42 Å². The third-order valence-corrected chi connectivity index (χ3v) is 7.39. The third-order valence-electron chi connectivity index (χ3n) is 4.66. The quantitative estimate of drug-likeness (QED) is 0.576. The van der Waals surface area contributed by atoms with Crippen LogP contribution in [0.4, 0.5) is 11.4 Å². The number of thioether (sulfide) groups is 1. The van der Waals surface area contributed by atoms with Crippen LogP contribution in [0.3, 0.4) is 0 Å². The van der Waals surface area contributed by atoms with Crippen LogP contribution < -0.4 is 4.90 Å². The van der Waals surface area contributed by atoms with Crippen LogP contribution in [0.2, 0.25) is 0 Å². The van der Waals surface area contributed by atoms with E-state index in [4.69, 9.17) is 0 Å². The molecule has 27 heavy (non-hydrogen) atoms. The minimum absolute atomic E-state index is 0.0626. The maximum Gasteiger partial charge on any atom is 0.269 e. The zero-order valence-corrected chi connectivity index (χ0v) is 15.9. The lowest BCUT2D eigenvalue weighted by Crippen LogP contribution is -2.39. The Morgan fingerprint density at radius 1 is 1.11 bits per heavy atom. The molecular formula is C18H17N3O4S2. The number of anilines is 1. The molecule has 2 aromatic rings. The Morgan fingerprint density at radius 3 is 2.48 bits per heavy atom. The van der Waals surface area contributed by atoms with E-state index in [1.54, 1.807) is 12.1 Å². The van der Waals surface area contributed by atoms with E-state index in [0.29, 0.717) is 5.75 Å². The molecule has 9 heteroatoms. The Hall–Kier alpha value is -2.39. The summed E-state index contributed by atoms with van der Waals surface area (Å²) in [6, 6.07) is 15.7. The van der Waals surface area contributed by atoms with Crippen molar-refractivity contribution < 1.29 is 13.3 Å². The number of nitro groups is 1. The first-order valence-electron chi connectivity index (χ1n) is 8.41. The summed E-state index contributed by atoms with van der Waals surface area (Å²) < 4.78 is 24.1. The van der Waals surface area contributed by atoms with Crippen molar-refractivity contribution in [2.45, 2.75) is 17.8 Å². The fourth-order valence-electron chi connectivity index (χ4n) is 3.39. The zero-order valence-electron chi connectivity index (χ0n) is 14.3. The van der Waals surface area contributed by atoms with Gasteiger partial charge in [0.05, 0.1) is 28.5 Å². The van der Waals surface area contributed by atoms with Crippen molar-refractivity contribution >= 4 is 38.1 Å². The summed E-state index contributed by atoms with van der Waals surface area (Å²) >= 11 is 1.52. The fourth-order valence-corrected chi connectivity index (χ4v) is 6.31. The molecule has 0 unspecified atom stereocenters. The molecule has 0 aromatic heterocycles. The highest BCUT2D eigenvalue weighted by Gasteiger charge is 2.47. The molecule has 4 rings (SSSR count). The summed E-state index contributed by atoms with van der Waals surface area (Å²) in [7, 11) is -3.07. The molecule has 0 spiro atoms. The Morgan fingerprint density at radius 2 is 1.81 bits per heavy atom. The summed E-state index contributed by atoms with van der Waals surface area (Å²) in [4.78, 5) is 17.1. The Labute approximate surface area is 161 Å². The average molecular weight is 403 g/mol. The van der Waals surface area contributed by atoms with Crippen molar-refractivity contribution in [1.82, 2.24) is 0 Å². The van der Waals surface area contributed by atoms with Crippen molar-refractivity contribution in [3.8, 4) is 0 Å². The van der Waals surface area contributed by atoms with Crippen LogP contribution in [-0.2, 0) is 15.6 Å². The van der Waals surface area contributed by atoms with Crippen molar-refractivity contribution in [3.05, 3.63) is 70.3 Å². The van der Waals surface area contributed by atoms with Crippen molar-refractivity contribution in [2.75, 3.05) is 16.4 Å². The molecule has 0 bridgehead atoms. The summed E-state index contributed by atoms with van der Waals surface area (Å²) in [6.07, 6.45) is 0. The number of nitro benzene ring substituents is 1. The fraction of sp³-hybridized carbons (Fsp3) is 0.278. The standard InChI is InChI=1S/C18H17N3O4S2/c22-21(23)15-8-6-13(7-9-15)10-26-18-19-16-11-27(24,25)12-17(16)20(18)14-4-2-1-3-5-14/h1-9,16-17H,10-12H2/t16-,17-/m1/s1. The van der Waals surface area contributed by atoms with Crippen LogP contribution in [0.25, 0.3) is 0 Å². The first-order chi connectivity index (χ1) is 12.9. The molecule has 1 saturated heterocycles. The van der Waals surface area contributed by atoms with E-state index in [1.807, 2.05) is 35.2 Å². The number of hydrogen-bond donors (Lipinski definition) is 0. The van der Waals surface area contributed by atoms with Gasteiger partial charge >= 0.3 is 0 Å². The van der Waals surface area contributed by atoms with Crippen molar-refractivity contribution in [3.63, 3.8) is 0 Å². The molecule has 0 amide bonds. The molecule has 2 heterocycles. The number of sulfone groups is 1. The van der Waals surface area contributed by atoms with Crippen molar-refractivity contribution in [1.29, 1.82) is 0 Å². The molecule has 0 N–H and O–H groups in total. The van der Waals surface area contributed by atoms with Gasteiger partial charge < -0.3 is 4.90 Å². The minimum Gasteiger partial charge on any atom is -0.315 e. The van der Waals surface area contributed by atoms with E-state index in [9.17, 15) is 18.5 Å². The lowest BCUT2D eigenvalue weighted by atomic mass is 10.1. The van der Waals surface area contributed by atoms with E-state index >= 15 is 0 Å². The van der Waals surface area contributed by atoms with Gasteiger partial charge in [0.25, 0.3) is 5.69 Å². The average Bonchev–Trinajstić information content (AvgIpc) is 3.12. The molecule has 2 aromatic carbocycles. The Bertz CT molecular complexity index is 991. The summed E-state index contributed by atoms with van der Waals surface area (Å²) in [6.45, 7) is 0. The minimum atomic E-state index is -3.07. The predicted molar refractivity (Wildman–Crippen MR) is 107 cm³/mol. The van der Waals surface area contributed by atoms with Crippen LogP contribution in [0.1, 0.15) is 5.56 Å². The van der Waals surface area contributed by atoms with E-state index in [2.05, 4.69) is 4.99 Å². The summed E-state index contributed by atoms with van der Waals surface area (Å²) in [5.41, 5.74) is 1.94. The van der Waals surface area contributed by atoms with Gasteiger partial charge in [-0.05, 0) is 17.7 Å². The van der Waals surface area contributed by atoms with Gasteiger partial charge in [0.1, 0.15) is 0 Å². The number of benzene rings is 2. The highest BCUT2D eigenvalue weighted by molar-refractivity contribution is 8.13. The van der Waals surface area contributed by atoms with Crippen LogP contribution in [0, 0.1) is 10.1 Å². The van der Waals surface area contributed by atoms with E-state index in [0.717, 1.165) is 16.4 Å². The highest BCUT2D eigenvalue weighted by atomic mass is 32.2. The van der Waals surface area contributed by atoms with E-state index in [-0.39, 0.29) is 29.3 Å². The maximum atomic E-state index is 12.0. The lowest BCUT2D eigenvalue weighted by molar-refractivity contribution is -0.384. The number of fused-ring (bicyclic) bond motifs is 1. The molecule has 0 saturated carbocycles. The van der Waals surface area contributed by atoms with Gasteiger partial charge in [-0.3, -0.25) is 15.1 Å². The molecule has 2 aliphatic heterocycles. The van der Waals surface area contributed by atoms with Gasteiger partial charge in [-0.15, -0.1) is 0 Å². The summed E-state index contributed by atoms with van der Waals surface area (Å²) in [5.74, 6) is 0.798. The molecular weight excluding hydrogens is 386 g/mol. The summed E-state index contributed by atoms with van der Waals surface area (Å²) in [5, 5.41) is 11.6. The molecule has 140 valence electrons. The molecule has 2 aliphatic rings. The van der Waals surface area contributed by atoms with Gasteiger partial charge in [0.15, 0.2) is 15.0 Å². The van der Waals surface area contributed by atoms with Crippen molar-refractivity contribution in [2.24, 2.45) is 4.99 Å². The number of nitrogens with zero attached hydrogens (tertiary/aromatic N) is 3. The smallest absolute Gasteiger partial charge is 0.269 e. The zero-order chi connectivity index (χ0) is 19.0. The topological polar surface area (TPSA) is 92.9 Å². The molecule has 7 nitrogen and oxygen atoms in total. The molecule has 0 aliphatic carbocycles. The van der Waals surface area contributed by atoms with Gasteiger partial charge in [-0.2, -0.15) is 0 Å². The van der Waals surface area contributed by atoms with Gasteiger partial charge in [0.2, 0.25) is 0 Å². The van der Waals surface area contributed by atoms with Crippen LogP contribution in [-0.4, -0.2) is 42.1 Å². The van der Waals surface area contributed by atoms with Gasteiger partial charge in [-0.1, -0.05) is 42.1 Å². The molecule has 0 radical (unpaired) electrons. The third kappa shape index (κ3) is 3.70. The number of hydrogen-bond acceptors (Lipinski definition) is 7. The molecule has 1 fully saturated rings. The van der Waals surface area contributed by atoms with E-state index < -0.39 is 14.8 Å². The second-order valence-corrected chi connectivity index (χ2v) is 9.64. The number of non-ortho nitro benzene ring substituents is 1. The first kappa shape index (κ1) is 18.0.